The summed E-state index contributed by atoms with van der Waals surface area (Å²) in [5, 5.41) is 0. The first kappa shape index (κ1) is 11.9. The predicted octanol–water partition coefficient (Wildman–Crippen LogP) is 0.344. The molecule has 0 heterocycles. The van der Waals surface area contributed by atoms with Gasteiger partial charge in [-0.3, -0.25) is 4.57 Å². The van der Waals surface area contributed by atoms with Crippen LogP contribution in [-0.4, -0.2) is 37.7 Å². The van der Waals surface area contributed by atoms with Crippen LogP contribution in [-0.2, 0) is 4.57 Å². The second-order valence-electron chi connectivity index (χ2n) is 1.28. The van der Waals surface area contributed by atoms with Gasteiger partial charge in [0.1, 0.15) is 0 Å². The van der Waals surface area contributed by atoms with Crippen molar-refractivity contribution in [2.75, 3.05) is 0 Å². The molecule has 0 unspecified atom stereocenters. The molecule has 46 valence electrons. The molecule has 0 radical (unpaired) electrons. The van der Waals surface area contributed by atoms with Crippen molar-refractivity contribution < 1.29 is 14.4 Å². The third-order valence-corrected chi connectivity index (χ3v) is 1.50. The maximum atomic E-state index is 8.74. The molecule has 0 saturated carbocycles. The third kappa shape index (κ3) is 58.5. The fourth-order valence-electron chi connectivity index (χ4n) is 0. The molecule has 0 aliphatic carbocycles. The van der Waals surface area contributed by atoms with E-state index in [2.05, 4.69) is 6.92 Å². The molecule has 0 aromatic rings. The molecule has 2 N–H and O–H groups in total. The van der Waals surface area contributed by atoms with Gasteiger partial charge >= 0.3 is 53.2 Å². The molecule has 8 heavy (non-hydrogen) atoms. The van der Waals surface area contributed by atoms with E-state index in [0.717, 1.165) is 0 Å². The van der Waals surface area contributed by atoms with Crippen LogP contribution in [0.4, 0.5) is 0 Å². The summed E-state index contributed by atoms with van der Waals surface area (Å²) in [7, 11) is -3.13. The molecule has 0 aromatic heterocycles. The molecule has 0 fully saturated rings. The summed E-state index contributed by atoms with van der Waals surface area (Å²) in [5.74, 6) is 0. The smallest absolute Gasteiger partial charge is 0.314 e. The minimum absolute atomic E-state index is 1.38. The fraction of sp³-hybridized carbons (Fsp3) is 1.00. The molecule has 0 aliphatic rings. The van der Waals surface area contributed by atoms with Gasteiger partial charge in [0.25, 0.3) is 0 Å². The van der Waals surface area contributed by atoms with Crippen LogP contribution in [0.15, 0.2) is 0 Å². The Labute approximate surface area is 67.5 Å². The molecular formula is C3H10NaO3P. The van der Waals surface area contributed by atoms with Crippen molar-refractivity contribution in [3.63, 3.8) is 0 Å². The molecule has 3 nitrogen and oxygen atoms in total. The van der Waals surface area contributed by atoms with E-state index in [0.29, 0.717) is 0 Å². The molecule has 0 bridgehead atoms. The van der Waals surface area contributed by atoms with Crippen LogP contribution in [0, 0.1) is 0 Å². The standard InChI is InChI=1S/C3H7.Na.H3O3P/c1-3-2;;1-4(2)3/h1,3H2,2H3;;4H,(H2,1,2,3). The first-order chi connectivity index (χ1) is 3.65. The van der Waals surface area contributed by atoms with E-state index in [1.165, 1.54) is 38.0 Å². The normalized spacial score (nSPS) is 8.25. The van der Waals surface area contributed by atoms with Crippen molar-refractivity contribution in [1.82, 2.24) is 0 Å². The fourth-order valence-corrected chi connectivity index (χ4v) is 0. The Morgan fingerprint density at radius 1 is 1.62 bits per heavy atom. The molecule has 0 spiro atoms. The van der Waals surface area contributed by atoms with Crippen LogP contribution in [0.2, 0.25) is 3.67 Å². The van der Waals surface area contributed by atoms with Crippen molar-refractivity contribution in [2.24, 2.45) is 0 Å². The van der Waals surface area contributed by atoms with Crippen LogP contribution in [0.5, 0.6) is 0 Å². The molecule has 0 rings (SSSR count). The third-order valence-electron chi connectivity index (χ3n) is 0.500. The van der Waals surface area contributed by atoms with Crippen molar-refractivity contribution in [1.29, 1.82) is 0 Å². The molecule has 5 heteroatoms. The van der Waals surface area contributed by atoms with Crippen molar-refractivity contribution >= 4 is 36.2 Å². The zero-order chi connectivity index (χ0) is 6.99. The quantitative estimate of drug-likeness (QED) is 0.416. The Morgan fingerprint density at radius 3 is 1.75 bits per heavy atom. The van der Waals surface area contributed by atoms with Crippen LogP contribution >= 0.6 is 8.25 Å². The van der Waals surface area contributed by atoms with Crippen LogP contribution < -0.4 is 0 Å². The molecule has 0 saturated heterocycles. The van der Waals surface area contributed by atoms with Gasteiger partial charge in [0.15, 0.2) is 0 Å². The van der Waals surface area contributed by atoms with E-state index in [1.54, 1.807) is 0 Å². The summed E-state index contributed by atoms with van der Waals surface area (Å²) >= 11 is 1.39. The van der Waals surface area contributed by atoms with Gasteiger partial charge in [-0.15, -0.1) is 0 Å². The zero-order valence-corrected chi connectivity index (χ0v) is 8.22. The minimum Gasteiger partial charge on any atom is -0.326 e. The number of hydrogen-bond acceptors (Lipinski definition) is 1. The van der Waals surface area contributed by atoms with Gasteiger partial charge < -0.3 is 9.79 Å². The average Bonchev–Trinajstić information content (AvgIpc) is 1.65. The number of hydrogen-bond donors (Lipinski definition) is 2. The van der Waals surface area contributed by atoms with Crippen LogP contribution in [0.25, 0.3) is 0 Å². The van der Waals surface area contributed by atoms with Gasteiger partial charge in [0, 0.05) is 0 Å². The predicted molar refractivity (Wildman–Crippen MR) is 34.3 cm³/mol. The molecule has 0 aliphatic heterocycles. The molecule has 0 atom stereocenters. The van der Waals surface area contributed by atoms with Gasteiger partial charge in [-0.05, 0) is 0 Å². The Hall–Kier alpha value is 1.15. The SMILES string of the molecule is CC[CH2][Na].O=[PH](O)O. The van der Waals surface area contributed by atoms with Crippen molar-refractivity contribution in [3.8, 4) is 0 Å². The van der Waals surface area contributed by atoms with Gasteiger partial charge in [-0.2, -0.15) is 0 Å². The van der Waals surface area contributed by atoms with Crippen LogP contribution in [0.1, 0.15) is 13.3 Å². The zero-order valence-electron chi connectivity index (χ0n) is 5.22. The summed E-state index contributed by atoms with van der Waals surface area (Å²) in [6.45, 7) is 2.22. The summed E-state index contributed by atoms with van der Waals surface area (Å²) < 4.78 is 10.2. The van der Waals surface area contributed by atoms with E-state index < -0.39 is 8.25 Å². The Kier molecular flexibility index (Phi) is 16.4. The second kappa shape index (κ2) is 11.0. The maximum Gasteiger partial charge on any atom is 0.314 e. The van der Waals surface area contributed by atoms with E-state index in [1.807, 2.05) is 0 Å². The van der Waals surface area contributed by atoms with E-state index in [-0.39, 0.29) is 0 Å². The monoisotopic (exact) mass is 148 g/mol. The van der Waals surface area contributed by atoms with Gasteiger partial charge in [-0.25, -0.2) is 0 Å². The largest absolute Gasteiger partial charge is 0.326 e. The van der Waals surface area contributed by atoms with E-state index >= 15 is 0 Å². The number of rotatable bonds is 1. The average molecular weight is 148 g/mol. The van der Waals surface area contributed by atoms with Crippen LogP contribution in [0.3, 0.4) is 0 Å². The van der Waals surface area contributed by atoms with Crippen molar-refractivity contribution in [3.05, 3.63) is 0 Å². The first-order valence-electron chi connectivity index (χ1n) is 2.57. The van der Waals surface area contributed by atoms with E-state index in [9.17, 15) is 0 Å². The molecule has 0 aromatic carbocycles. The van der Waals surface area contributed by atoms with Gasteiger partial charge in [-0.1, -0.05) is 0 Å². The Balaban J connectivity index is 0. The van der Waals surface area contributed by atoms with Gasteiger partial charge in [0.05, 0.1) is 0 Å². The summed E-state index contributed by atoms with van der Waals surface area (Å²) in [6.07, 6.45) is 1.38. The maximum absolute atomic E-state index is 8.74. The Bertz CT molecular complexity index is 52.5. The second-order valence-corrected chi connectivity index (χ2v) is 2.85. The summed E-state index contributed by atoms with van der Waals surface area (Å²) in [6, 6.07) is 0. The summed E-state index contributed by atoms with van der Waals surface area (Å²) in [4.78, 5) is 14.3. The molecular weight excluding hydrogens is 138 g/mol. The molecule has 0 amide bonds. The Morgan fingerprint density at radius 2 is 1.75 bits per heavy atom. The van der Waals surface area contributed by atoms with Gasteiger partial charge in [0.2, 0.25) is 0 Å². The minimum atomic E-state index is -3.13. The van der Waals surface area contributed by atoms with Crippen molar-refractivity contribution in [2.45, 2.75) is 17.0 Å². The first-order valence-corrected chi connectivity index (χ1v) is 5.28. The topological polar surface area (TPSA) is 57.5 Å². The van der Waals surface area contributed by atoms with E-state index in [4.69, 9.17) is 14.4 Å². The summed E-state index contributed by atoms with van der Waals surface area (Å²) in [5.41, 5.74) is 0.